The molecule has 56 valence electrons. The molecule has 0 amide bonds. The Labute approximate surface area is 119 Å². The second-order valence-electron chi connectivity index (χ2n) is 0.258. The summed E-state index contributed by atoms with van der Waals surface area (Å²) >= 11 is 13.2. The summed E-state index contributed by atoms with van der Waals surface area (Å²) in [6.07, 6.45) is 0. The van der Waals surface area contributed by atoms with Crippen molar-refractivity contribution in [3.63, 3.8) is 0 Å². The van der Waals surface area contributed by atoms with Crippen LogP contribution in [0.2, 0.25) is 0 Å². The first-order valence-corrected chi connectivity index (χ1v) is 19.4. The van der Waals surface area contributed by atoms with Crippen LogP contribution in [0.3, 0.4) is 0 Å². The standard InChI is InChI=1S/Au.4BrH.K.2H2O/h;4*1H;;2*1H2/q+3;;;;;+1;;/p-4. The molecule has 4 N–H and O–H groups in total. The van der Waals surface area contributed by atoms with Crippen LogP contribution in [-0.4, -0.2) is 11.0 Å². The molecule has 8 heteroatoms. The minimum atomic E-state index is -1.64. The van der Waals surface area contributed by atoms with Gasteiger partial charge in [0.05, 0.1) is 0 Å². The molecule has 0 bridgehead atoms. The fraction of sp³-hybridized carbons (Fsp3) is 0. The fourth-order valence-electron chi connectivity index (χ4n) is 0. The Bertz CT molecular complexity index is 29.5. The van der Waals surface area contributed by atoms with E-state index in [1.165, 1.54) is 0 Å². The summed E-state index contributed by atoms with van der Waals surface area (Å²) in [6, 6.07) is 0. The first kappa shape index (κ1) is 22.8. The minimum absolute atomic E-state index is 0. The number of rotatable bonds is 0. The zero-order chi connectivity index (χ0) is 4.50. The summed E-state index contributed by atoms with van der Waals surface area (Å²) in [6.45, 7) is 0. The van der Waals surface area contributed by atoms with Crippen molar-refractivity contribution in [2.75, 3.05) is 0 Å². The molecule has 0 aliphatic carbocycles. The predicted octanol–water partition coefficient (Wildman–Crippen LogP) is -1.27. The van der Waals surface area contributed by atoms with Crippen LogP contribution in [0, 0.1) is 0 Å². The van der Waals surface area contributed by atoms with Crippen LogP contribution in [0.1, 0.15) is 0 Å². The Balaban J connectivity index is -0.0000000267. The van der Waals surface area contributed by atoms with Crippen LogP contribution < -0.4 is 51.4 Å². The van der Waals surface area contributed by atoms with Crippen molar-refractivity contribution >= 4 is 52.1 Å². The van der Waals surface area contributed by atoms with Crippen molar-refractivity contribution in [1.82, 2.24) is 0 Å². The third-order valence-electron chi connectivity index (χ3n) is 0. The van der Waals surface area contributed by atoms with Gasteiger partial charge in [-0.3, -0.25) is 0 Å². The zero-order valence-electron chi connectivity index (χ0n) is 3.81. The molecule has 0 unspecified atom stereocenters. The van der Waals surface area contributed by atoms with Crippen molar-refractivity contribution in [3.05, 3.63) is 0 Å². The van der Waals surface area contributed by atoms with Gasteiger partial charge in [-0.1, -0.05) is 0 Å². The molecule has 0 saturated carbocycles. The molecule has 0 atom stereocenters. The third-order valence-corrected chi connectivity index (χ3v) is 0. The number of hydrogen-bond acceptors (Lipinski definition) is 0. The Morgan fingerprint density at radius 2 is 0.750 bits per heavy atom. The average molecular weight is 592 g/mol. The second kappa shape index (κ2) is 11.2. The summed E-state index contributed by atoms with van der Waals surface area (Å²) in [7, 11) is -1.64. The summed E-state index contributed by atoms with van der Waals surface area (Å²) in [5.41, 5.74) is 0. The van der Waals surface area contributed by atoms with E-state index in [0.717, 1.165) is 0 Å². The Morgan fingerprint density at radius 1 is 0.750 bits per heavy atom. The van der Waals surface area contributed by atoms with Crippen molar-refractivity contribution in [1.29, 1.82) is 0 Å². The molecule has 0 rings (SSSR count). The van der Waals surface area contributed by atoms with Gasteiger partial charge in [-0.2, -0.15) is 0 Å². The topological polar surface area (TPSA) is 63.0 Å². The SMILES string of the molecule is O.O.[Br][Au-]([Br])([Br])[Br].[K+]. The second-order valence-corrected chi connectivity index (χ2v) is 57.1. The monoisotopic (exact) mass is 588 g/mol. The Kier molecular flexibility index (Phi) is 31.9. The van der Waals surface area contributed by atoms with E-state index in [1.54, 1.807) is 0 Å². The predicted molar refractivity (Wildman–Crippen MR) is 42.9 cm³/mol. The summed E-state index contributed by atoms with van der Waals surface area (Å²) < 4.78 is 0. The van der Waals surface area contributed by atoms with Gasteiger partial charge in [0.1, 0.15) is 0 Å². The van der Waals surface area contributed by atoms with E-state index in [4.69, 9.17) is 0 Å². The van der Waals surface area contributed by atoms with Gasteiger partial charge in [0.15, 0.2) is 0 Å². The molecular formula is H4AuBr4KO2. The van der Waals surface area contributed by atoms with E-state index in [0.29, 0.717) is 0 Å². The van der Waals surface area contributed by atoms with Gasteiger partial charge in [0, 0.05) is 0 Å². The van der Waals surface area contributed by atoms with Gasteiger partial charge in [-0.25, -0.2) is 0 Å². The smallest absolute Gasteiger partial charge is 1.00 e. The van der Waals surface area contributed by atoms with E-state index in [2.05, 4.69) is 52.1 Å². The van der Waals surface area contributed by atoms with Crippen LogP contribution in [-0.2, 0) is 8.59 Å². The van der Waals surface area contributed by atoms with Gasteiger partial charge in [0.25, 0.3) is 0 Å². The first-order valence-electron chi connectivity index (χ1n) is 0.456. The van der Waals surface area contributed by atoms with Gasteiger partial charge in [-0.05, 0) is 0 Å². The molecule has 0 fully saturated rings. The molecule has 0 saturated heterocycles. The Hall–Kier alpha value is 4.22. The van der Waals surface area contributed by atoms with E-state index in [1.807, 2.05) is 0 Å². The van der Waals surface area contributed by atoms with Crippen LogP contribution in [0.15, 0.2) is 0 Å². The minimum Gasteiger partial charge on any atom is 1.00 e. The maximum Gasteiger partial charge on any atom is 1.00 e. The van der Waals surface area contributed by atoms with Crippen molar-refractivity contribution in [3.8, 4) is 0 Å². The van der Waals surface area contributed by atoms with Crippen LogP contribution >= 0.6 is 52.1 Å². The van der Waals surface area contributed by atoms with Gasteiger partial charge in [-0.15, -0.1) is 0 Å². The van der Waals surface area contributed by atoms with Crippen molar-refractivity contribution in [2.45, 2.75) is 0 Å². The first-order chi connectivity index (χ1) is 2.00. The average Bonchev–Trinajstić information content (AvgIpc) is 0.722. The van der Waals surface area contributed by atoms with E-state index in [-0.39, 0.29) is 62.3 Å². The molecule has 0 aliphatic rings. The van der Waals surface area contributed by atoms with Crippen molar-refractivity contribution in [2.24, 2.45) is 0 Å². The number of halogens is 4. The molecular weight excluding hydrogens is 588 g/mol. The molecule has 2 nitrogen and oxygen atoms in total. The van der Waals surface area contributed by atoms with Crippen LogP contribution in [0.5, 0.6) is 0 Å². The van der Waals surface area contributed by atoms with E-state index < -0.39 is 8.59 Å². The maximum atomic E-state index is 3.30. The number of hydrogen-bond donors (Lipinski definition) is 0. The molecule has 0 aromatic heterocycles. The summed E-state index contributed by atoms with van der Waals surface area (Å²) in [4.78, 5) is 0. The molecule has 0 radical (unpaired) electrons. The Morgan fingerprint density at radius 3 is 0.750 bits per heavy atom. The third kappa shape index (κ3) is 48.8. The quantitative estimate of drug-likeness (QED) is 0.316. The maximum absolute atomic E-state index is 3.30. The molecule has 0 aromatic carbocycles. The van der Waals surface area contributed by atoms with E-state index >= 15 is 0 Å². The van der Waals surface area contributed by atoms with Crippen molar-refractivity contribution < 1.29 is 70.9 Å². The largest absolute Gasteiger partial charge is 1.00 e. The van der Waals surface area contributed by atoms with Gasteiger partial charge in [0.2, 0.25) is 0 Å². The summed E-state index contributed by atoms with van der Waals surface area (Å²) in [5.74, 6) is 0. The zero-order valence-corrected chi connectivity index (χ0v) is 15.4. The molecule has 8 heavy (non-hydrogen) atoms. The van der Waals surface area contributed by atoms with Crippen LogP contribution in [0.4, 0.5) is 0 Å². The normalized spacial score (nSPS) is 9.50. The molecule has 0 aliphatic heterocycles. The fourth-order valence-corrected chi connectivity index (χ4v) is 0. The summed E-state index contributed by atoms with van der Waals surface area (Å²) in [5, 5.41) is 0. The van der Waals surface area contributed by atoms with Gasteiger partial charge < -0.3 is 11.0 Å². The molecule has 0 aromatic rings. The van der Waals surface area contributed by atoms with E-state index in [9.17, 15) is 0 Å². The molecule has 0 heterocycles. The van der Waals surface area contributed by atoms with Gasteiger partial charge >= 0.3 is 112 Å². The van der Waals surface area contributed by atoms with Crippen LogP contribution in [0.25, 0.3) is 0 Å². The molecule has 0 spiro atoms.